The molecule has 1 aromatic heterocycles. The molecule has 0 aliphatic carbocycles. The Morgan fingerprint density at radius 3 is 2.40 bits per heavy atom. The van der Waals surface area contributed by atoms with Gasteiger partial charge in [-0.2, -0.15) is 5.26 Å². The molecule has 30 heavy (non-hydrogen) atoms. The summed E-state index contributed by atoms with van der Waals surface area (Å²) in [6.07, 6.45) is -4.80. The lowest BCUT2D eigenvalue weighted by molar-refractivity contribution is -0.274. The molecule has 0 unspecified atom stereocenters. The van der Waals surface area contributed by atoms with E-state index >= 15 is 0 Å². The Bertz CT molecular complexity index is 1160. The van der Waals surface area contributed by atoms with Gasteiger partial charge in [0.05, 0.1) is 17.2 Å². The highest BCUT2D eigenvalue weighted by Gasteiger charge is 2.36. The maximum absolute atomic E-state index is 12.5. The molecule has 1 atom stereocenters. The molecule has 2 heterocycles. The van der Waals surface area contributed by atoms with Crippen molar-refractivity contribution in [2.75, 3.05) is 0 Å². The predicted molar refractivity (Wildman–Crippen MR) is 101 cm³/mol. The molecule has 3 N–H and O–H groups in total. The molecule has 1 aliphatic heterocycles. The molecule has 152 valence electrons. The molecule has 0 saturated heterocycles. The van der Waals surface area contributed by atoms with Crippen LogP contribution >= 0.6 is 11.6 Å². The zero-order chi connectivity index (χ0) is 21.5. The summed E-state index contributed by atoms with van der Waals surface area (Å²) in [5.74, 6) is -1.03. The van der Waals surface area contributed by atoms with Gasteiger partial charge in [0.15, 0.2) is 0 Å². The number of nitriles is 1. The first-order chi connectivity index (χ1) is 14.3. The molecular weight excluding hydrogens is 421 g/mol. The number of halogens is 4. The van der Waals surface area contributed by atoms with E-state index in [1.54, 1.807) is 24.3 Å². The number of rotatable bonds is 3. The topological polar surface area (TPSA) is 97.0 Å². The van der Waals surface area contributed by atoms with Crippen molar-refractivity contribution >= 4 is 11.6 Å². The molecule has 0 saturated carbocycles. The number of allylic oxidation sites excluding steroid dienone is 1. The van der Waals surface area contributed by atoms with Gasteiger partial charge in [0.1, 0.15) is 17.4 Å². The third-order valence-corrected chi connectivity index (χ3v) is 4.77. The van der Waals surface area contributed by atoms with E-state index in [4.69, 9.17) is 22.1 Å². The minimum absolute atomic E-state index is 0.114. The predicted octanol–water partition coefficient (Wildman–Crippen LogP) is 4.85. The second-order valence-electron chi connectivity index (χ2n) is 6.37. The van der Waals surface area contributed by atoms with Crippen LogP contribution < -0.4 is 15.2 Å². The third-order valence-electron chi connectivity index (χ3n) is 4.52. The van der Waals surface area contributed by atoms with Gasteiger partial charge in [-0.15, -0.1) is 18.3 Å². The molecule has 2 aromatic carbocycles. The highest BCUT2D eigenvalue weighted by molar-refractivity contribution is 6.30. The molecule has 0 radical (unpaired) electrons. The summed E-state index contributed by atoms with van der Waals surface area (Å²) in [5, 5.41) is 17.2. The third kappa shape index (κ3) is 3.65. The van der Waals surface area contributed by atoms with E-state index in [1.165, 1.54) is 24.3 Å². The van der Waals surface area contributed by atoms with Crippen LogP contribution in [0, 0.1) is 11.3 Å². The van der Waals surface area contributed by atoms with E-state index < -0.39 is 12.3 Å². The Labute approximate surface area is 173 Å². The molecule has 1 aliphatic rings. The van der Waals surface area contributed by atoms with E-state index in [2.05, 4.69) is 14.9 Å². The molecule has 4 rings (SSSR count). The van der Waals surface area contributed by atoms with E-state index in [1.807, 2.05) is 6.07 Å². The van der Waals surface area contributed by atoms with Crippen LogP contribution in [-0.2, 0) is 0 Å². The highest BCUT2D eigenvalue weighted by Crippen LogP contribution is 2.46. The van der Waals surface area contributed by atoms with Crippen LogP contribution in [0.25, 0.3) is 11.3 Å². The Hall–Kier alpha value is -3.64. The smallest absolute Gasteiger partial charge is 0.420 e. The van der Waals surface area contributed by atoms with Crippen molar-refractivity contribution in [1.29, 1.82) is 5.26 Å². The van der Waals surface area contributed by atoms with Crippen molar-refractivity contribution in [1.82, 2.24) is 10.2 Å². The van der Waals surface area contributed by atoms with Gasteiger partial charge in [-0.1, -0.05) is 35.9 Å². The van der Waals surface area contributed by atoms with E-state index in [0.717, 1.165) is 5.56 Å². The quantitative estimate of drug-likeness (QED) is 0.616. The van der Waals surface area contributed by atoms with Crippen LogP contribution in [0.5, 0.6) is 11.6 Å². The minimum Gasteiger partial charge on any atom is -0.420 e. The molecule has 6 nitrogen and oxygen atoms in total. The monoisotopic (exact) mass is 432 g/mol. The van der Waals surface area contributed by atoms with Gasteiger partial charge >= 0.3 is 6.36 Å². The first-order valence-corrected chi connectivity index (χ1v) is 8.92. The van der Waals surface area contributed by atoms with E-state index in [-0.39, 0.29) is 23.1 Å². The Kier molecular flexibility index (Phi) is 4.79. The summed E-state index contributed by atoms with van der Waals surface area (Å²) in [4.78, 5) is 0. The summed E-state index contributed by atoms with van der Waals surface area (Å²) in [7, 11) is 0. The fraction of sp³-hybridized carbons (Fsp3) is 0.100. The molecule has 0 spiro atoms. The average Bonchev–Trinajstić information content (AvgIpc) is 3.10. The zero-order valence-electron chi connectivity index (χ0n) is 15.0. The van der Waals surface area contributed by atoms with Crippen molar-refractivity contribution in [2.45, 2.75) is 12.3 Å². The fourth-order valence-corrected chi connectivity index (χ4v) is 3.40. The summed E-state index contributed by atoms with van der Waals surface area (Å²) in [5.41, 5.74) is 8.38. The first-order valence-electron chi connectivity index (χ1n) is 8.54. The van der Waals surface area contributed by atoms with Crippen LogP contribution in [0.2, 0.25) is 5.02 Å². The van der Waals surface area contributed by atoms with Crippen LogP contribution in [-0.4, -0.2) is 16.6 Å². The summed E-state index contributed by atoms with van der Waals surface area (Å²) in [6.45, 7) is 0. The van der Waals surface area contributed by atoms with Gasteiger partial charge in [0, 0.05) is 10.6 Å². The van der Waals surface area contributed by atoms with Crippen molar-refractivity contribution in [2.24, 2.45) is 5.73 Å². The maximum Gasteiger partial charge on any atom is 0.573 e. The van der Waals surface area contributed by atoms with Gasteiger partial charge in [-0.25, -0.2) is 0 Å². The zero-order valence-corrected chi connectivity index (χ0v) is 15.8. The number of ether oxygens (including phenoxy) is 2. The number of nitrogens with one attached hydrogen (secondary N) is 1. The van der Waals surface area contributed by atoms with Gasteiger partial charge in [-0.05, 0) is 29.8 Å². The number of hydrogen-bond donors (Lipinski definition) is 2. The molecule has 0 fully saturated rings. The number of aromatic amines is 1. The lowest BCUT2D eigenvalue weighted by Crippen LogP contribution is -2.21. The number of benzene rings is 2. The lowest BCUT2D eigenvalue weighted by Gasteiger charge is -2.24. The number of alkyl halides is 3. The van der Waals surface area contributed by atoms with Crippen LogP contribution in [0.1, 0.15) is 17.0 Å². The SMILES string of the molecule is N#CC1=C(N)Oc2n[nH]c(-c3ccc(Cl)cc3)c2[C@H]1c1ccc(OC(F)(F)F)cc1. The van der Waals surface area contributed by atoms with Crippen LogP contribution in [0.3, 0.4) is 0 Å². The standard InChI is InChI=1S/C20H12ClF3N4O2/c21-12-5-1-11(2-6-12)17-16-15(14(9-25)18(26)29-19(16)28-27-17)10-3-7-13(8-4-10)30-20(22,23)24/h1-8,15H,26H2,(H,27,28)/t15-/m0/s1. The molecule has 0 bridgehead atoms. The minimum atomic E-state index is -4.80. The van der Waals surface area contributed by atoms with Crippen LogP contribution in [0.15, 0.2) is 60.0 Å². The number of fused-ring (bicyclic) bond motifs is 1. The molecule has 10 heteroatoms. The Balaban J connectivity index is 1.82. The van der Waals surface area contributed by atoms with Crippen molar-refractivity contribution in [3.05, 3.63) is 76.1 Å². The lowest BCUT2D eigenvalue weighted by atomic mass is 9.83. The number of nitrogens with zero attached hydrogens (tertiary/aromatic N) is 2. The number of nitrogens with two attached hydrogens (primary N) is 1. The van der Waals surface area contributed by atoms with Crippen molar-refractivity contribution < 1.29 is 22.6 Å². The van der Waals surface area contributed by atoms with Crippen molar-refractivity contribution in [3.8, 4) is 29.0 Å². The highest BCUT2D eigenvalue weighted by atomic mass is 35.5. The summed E-state index contributed by atoms with van der Waals surface area (Å²) < 4.78 is 46.8. The largest absolute Gasteiger partial charge is 0.573 e. The first kappa shape index (κ1) is 19.7. The molecule has 0 amide bonds. The molecule has 3 aromatic rings. The van der Waals surface area contributed by atoms with Crippen molar-refractivity contribution in [3.63, 3.8) is 0 Å². The fourth-order valence-electron chi connectivity index (χ4n) is 3.28. The van der Waals surface area contributed by atoms with Gasteiger partial charge in [0.2, 0.25) is 11.8 Å². The summed E-state index contributed by atoms with van der Waals surface area (Å²) in [6, 6.07) is 14.2. The second-order valence-corrected chi connectivity index (χ2v) is 6.80. The van der Waals surface area contributed by atoms with E-state index in [9.17, 15) is 18.4 Å². The van der Waals surface area contributed by atoms with Gasteiger partial charge in [0.25, 0.3) is 0 Å². The summed E-state index contributed by atoms with van der Waals surface area (Å²) >= 11 is 5.96. The molecular formula is C20H12ClF3N4O2. The Morgan fingerprint density at radius 1 is 1.13 bits per heavy atom. The normalized spacial score (nSPS) is 15.9. The maximum atomic E-state index is 12.5. The van der Waals surface area contributed by atoms with Crippen LogP contribution in [0.4, 0.5) is 13.2 Å². The number of hydrogen-bond acceptors (Lipinski definition) is 5. The van der Waals surface area contributed by atoms with Gasteiger partial charge in [-0.3, -0.25) is 5.10 Å². The van der Waals surface area contributed by atoms with E-state index in [0.29, 0.717) is 21.8 Å². The average molecular weight is 433 g/mol. The van der Waals surface area contributed by atoms with Gasteiger partial charge < -0.3 is 15.2 Å². The Morgan fingerprint density at radius 2 is 1.80 bits per heavy atom. The number of H-pyrrole nitrogens is 1. The number of aromatic nitrogens is 2. The second kappa shape index (κ2) is 7.31.